The molecule has 0 N–H and O–H groups in total. The fourth-order valence-corrected chi connectivity index (χ4v) is 0.909. The van der Waals surface area contributed by atoms with Crippen LogP contribution in [-0.2, 0) is 11.2 Å². The zero-order chi connectivity index (χ0) is 9.84. The third-order valence-corrected chi connectivity index (χ3v) is 1.54. The van der Waals surface area contributed by atoms with Gasteiger partial charge in [0.2, 0.25) is 5.69 Å². The molecule has 0 bridgehead atoms. The van der Waals surface area contributed by atoms with Crippen molar-refractivity contribution in [3.8, 4) is 0 Å². The van der Waals surface area contributed by atoms with Crippen molar-refractivity contribution in [2.75, 3.05) is 0 Å². The molecule has 0 aliphatic carbocycles. The first kappa shape index (κ1) is 9.33. The smallest absolute Gasteiger partial charge is 0.224 e. The van der Waals surface area contributed by atoms with Crippen molar-refractivity contribution in [1.82, 2.24) is 0 Å². The van der Waals surface area contributed by atoms with E-state index in [1.165, 1.54) is 0 Å². The number of hydrogen-bond acceptors (Lipinski definition) is 1. The van der Waals surface area contributed by atoms with Gasteiger partial charge < -0.3 is 4.79 Å². The van der Waals surface area contributed by atoms with Gasteiger partial charge in [-0.25, -0.2) is 13.6 Å². The zero-order valence-electron chi connectivity index (χ0n) is 6.55. The maximum absolute atomic E-state index is 12.9. The largest absolute Gasteiger partial charge is 0.303 e. The number of rotatable bonds is 2. The van der Waals surface area contributed by atoms with Crippen molar-refractivity contribution in [3.63, 3.8) is 0 Å². The molecule has 0 saturated heterocycles. The van der Waals surface area contributed by atoms with Gasteiger partial charge in [-0.1, -0.05) is 0 Å². The summed E-state index contributed by atoms with van der Waals surface area (Å²) in [7, 11) is 0. The molecule has 0 saturated carbocycles. The van der Waals surface area contributed by atoms with E-state index in [1.807, 2.05) is 0 Å². The molecule has 0 unspecified atom stereocenters. The minimum absolute atomic E-state index is 0.0279. The SMILES string of the molecule is [C-]#[N+]c1cc(F)c(CC=O)cc1F. The second-order valence-electron chi connectivity index (χ2n) is 2.38. The summed E-state index contributed by atoms with van der Waals surface area (Å²) in [5.41, 5.74) is -0.396. The van der Waals surface area contributed by atoms with Crippen LogP contribution >= 0.6 is 0 Å². The lowest BCUT2D eigenvalue weighted by molar-refractivity contribution is -0.107. The van der Waals surface area contributed by atoms with Crippen LogP contribution in [0.3, 0.4) is 0 Å². The lowest BCUT2D eigenvalue weighted by Gasteiger charge is -1.99. The van der Waals surface area contributed by atoms with Crippen LogP contribution in [0.5, 0.6) is 0 Å². The molecule has 66 valence electrons. The predicted molar refractivity (Wildman–Crippen MR) is 42.4 cm³/mol. The number of benzene rings is 1. The van der Waals surface area contributed by atoms with Crippen LogP contribution in [-0.4, -0.2) is 6.29 Å². The van der Waals surface area contributed by atoms with Gasteiger partial charge in [0.15, 0.2) is 0 Å². The Bertz CT molecular complexity index is 382. The molecule has 13 heavy (non-hydrogen) atoms. The number of nitrogens with zero attached hydrogens (tertiary/aromatic N) is 1. The fourth-order valence-electron chi connectivity index (χ4n) is 0.909. The Morgan fingerprint density at radius 3 is 2.62 bits per heavy atom. The molecular weight excluding hydrogens is 176 g/mol. The van der Waals surface area contributed by atoms with Gasteiger partial charge >= 0.3 is 0 Å². The standard InChI is InChI=1S/C9H5F2NO/c1-12-9-5-7(10)6(2-3-13)4-8(9)11/h3-5H,2H2. The van der Waals surface area contributed by atoms with Crippen LogP contribution in [0.1, 0.15) is 5.56 Å². The summed E-state index contributed by atoms with van der Waals surface area (Å²) in [6.45, 7) is 6.50. The quantitative estimate of drug-likeness (QED) is 0.506. The molecule has 0 fully saturated rings. The molecule has 0 atom stereocenters. The van der Waals surface area contributed by atoms with E-state index in [0.717, 1.165) is 12.1 Å². The number of carbonyl (C=O) groups is 1. The highest BCUT2D eigenvalue weighted by Crippen LogP contribution is 2.21. The second kappa shape index (κ2) is 3.76. The normalized spacial score (nSPS) is 9.31. The number of carbonyl (C=O) groups excluding carboxylic acids is 1. The molecule has 0 aromatic heterocycles. The predicted octanol–water partition coefficient (Wildman–Crippen LogP) is 2.26. The Kier molecular flexibility index (Phi) is 2.70. The molecule has 0 amide bonds. The average Bonchev–Trinajstić information content (AvgIpc) is 2.11. The highest BCUT2D eigenvalue weighted by molar-refractivity contribution is 5.57. The Labute approximate surface area is 73.6 Å². The highest BCUT2D eigenvalue weighted by Gasteiger charge is 2.08. The van der Waals surface area contributed by atoms with E-state index < -0.39 is 11.6 Å². The lowest BCUT2D eigenvalue weighted by Crippen LogP contribution is -1.92. The van der Waals surface area contributed by atoms with Crippen LogP contribution in [0, 0.1) is 18.2 Å². The third kappa shape index (κ3) is 1.88. The molecule has 0 radical (unpaired) electrons. The van der Waals surface area contributed by atoms with Crippen LogP contribution in [0.15, 0.2) is 12.1 Å². The molecule has 0 aliphatic heterocycles. The minimum Gasteiger partial charge on any atom is -0.303 e. The summed E-state index contributed by atoms with van der Waals surface area (Å²) < 4.78 is 25.8. The number of hydrogen-bond donors (Lipinski definition) is 0. The first-order valence-corrected chi connectivity index (χ1v) is 3.48. The van der Waals surface area contributed by atoms with Crippen molar-refractivity contribution in [2.24, 2.45) is 0 Å². The molecule has 0 spiro atoms. The number of aldehydes is 1. The van der Waals surface area contributed by atoms with Gasteiger partial charge in [0.05, 0.1) is 6.57 Å². The van der Waals surface area contributed by atoms with E-state index in [-0.39, 0.29) is 17.7 Å². The van der Waals surface area contributed by atoms with Gasteiger partial charge in [-0.15, -0.1) is 0 Å². The monoisotopic (exact) mass is 181 g/mol. The Balaban J connectivity index is 3.21. The molecule has 1 rings (SSSR count). The van der Waals surface area contributed by atoms with Crippen LogP contribution < -0.4 is 0 Å². The summed E-state index contributed by atoms with van der Waals surface area (Å²) in [5.74, 6) is -1.52. The average molecular weight is 181 g/mol. The summed E-state index contributed by atoms with van der Waals surface area (Å²) >= 11 is 0. The van der Waals surface area contributed by atoms with Crippen molar-refractivity contribution in [1.29, 1.82) is 0 Å². The van der Waals surface area contributed by atoms with E-state index in [2.05, 4.69) is 4.85 Å². The minimum atomic E-state index is -0.798. The van der Waals surface area contributed by atoms with Gasteiger partial charge in [0.1, 0.15) is 17.9 Å². The second-order valence-corrected chi connectivity index (χ2v) is 2.38. The first-order valence-electron chi connectivity index (χ1n) is 3.48. The Morgan fingerprint density at radius 2 is 2.08 bits per heavy atom. The molecular formula is C9H5F2NO. The number of halogens is 2. The first-order chi connectivity index (χ1) is 6.19. The maximum Gasteiger partial charge on any atom is 0.224 e. The maximum atomic E-state index is 12.9. The summed E-state index contributed by atoms with van der Waals surface area (Å²) in [4.78, 5) is 12.8. The highest BCUT2D eigenvalue weighted by atomic mass is 19.1. The Hall–Kier alpha value is -1.76. The van der Waals surface area contributed by atoms with Crippen LogP contribution in [0.25, 0.3) is 4.85 Å². The van der Waals surface area contributed by atoms with E-state index >= 15 is 0 Å². The molecule has 2 nitrogen and oxygen atoms in total. The molecule has 4 heteroatoms. The molecule has 0 heterocycles. The van der Waals surface area contributed by atoms with E-state index in [0.29, 0.717) is 6.29 Å². The van der Waals surface area contributed by atoms with Crippen LogP contribution in [0.4, 0.5) is 14.5 Å². The summed E-state index contributed by atoms with van der Waals surface area (Å²) in [5, 5.41) is 0. The van der Waals surface area contributed by atoms with Crippen molar-refractivity contribution < 1.29 is 13.6 Å². The fraction of sp³-hybridized carbons (Fsp3) is 0.111. The van der Waals surface area contributed by atoms with Crippen LogP contribution in [0.2, 0.25) is 0 Å². The van der Waals surface area contributed by atoms with E-state index in [9.17, 15) is 13.6 Å². The van der Waals surface area contributed by atoms with Crippen molar-refractivity contribution in [3.05, 3.63) is 40.7 Å². The Morgan fingerprint density at radius 1 is 1.38 bits per heavy atom. The van der Waals surface area contributed by atoms with Crippen molar-refractivity contribution in [2.45, 2.75) is 6.42 Å². The van der Waals surface area contributed by atoms with E-state index in [4.69, 9.17) is 6.57 Å². The third-order valence-electron chi connectivity index (χ3n) is 1.54. The van der Waals surface area contributed by atoms with Gasteiger partial charge in [-0.3, -0.25) is 0 Å². The topological polar surface area (TPSA) is 21.4 Å². The van der Waals surface area contributed by atoms with Gasteiger partial charge in [-0.05, 0) is 17.7 Å². The summed E-state index contributed by atoms with van der Waals surface area (Å²) in [6.07, 6.45) is 0.302. The molecule has 1 aromatic carbocycles. The van der Waals surface area contributed by atoms with Gasteiger partial charge in [-0.2, -0.15) is 0 Å². The van der Waals surface area contributed by atoms with Crippen molar-refractivity contribution >= 4 is 12.0 Å². The summed E-state index contributed by atoms with van der Waals surface area (Å²) in [6, 6.07) is 1.66. The van der Waals surface area contributed by atoms with Gasteiger partial charge in [0, 0.05) is 6.42 Å². The van der Waals surface area contributed by atoms with E-state index in [1.54, 1.807) is 0 Å². The molecule has 1 aromatic rings. The molecule has 0 aliphatic rings. The van der Waals surface area contributed by atoms with Gasteiger partial charge in [0.25, 0.3) is 0 Å². The zero-order valence-corrected chi connectivity index (χ0v) is 6.55. The lowest BCUT2D eigenvalue weighted by atomic mass is 10.1.